The molecule has 0 fully saturated rings. The highest BCUT2D eigenvalue weighted by Gasteiger charge is 2.26. The molecular formula is C20H20BrNO5S. The minimum Gasteiger partial charge on any atom is -0.493 e. The van der Waals surface area contributed by atoms with E-state index in [9.17, 15) is 13.2 Å². The summed E-state index contributed by atoms with van der Waals surface area (Å²) in [4.78, 5) is 10.8. The molecule has 0 spiro atoms. The Morgan fingerprint density at radius 2 is 1.79 bits per heavy atom. The number of sulfonamides is 1. The Kier molecular flexibility index (Phi) is 6.53. The first-order valence-electron chi connectivity index (χ1n) is 8.76. The zero-order valence-electron chi connectivity index (χ0n) is 15.0. The van der Waals surface area contributed by atoms with E-state index in [1.807, 2.05) is 18.2 Å². The molecule has 1 aliphatic rings. The number of hydrogen-bond acceptors (Lipinski definition) is 4. The number of carboxylic acids is 1. The van der Waals surface area contributed by atoms with Crippen molar-refractivity contribution in [2.75, 3.05) is 19.7 Å². The van der Waals surface area contributed by atoms with Crippen molar-refractivity contribution in [2.45, 2.75) is 17.7 Å². The number of aliphatic carboxylic acids is 1. The van der Waals surface area contributed by atoms with Gasteiger partial charge in [-0.25, -0.2) is 8.42 Å². The van der Waals surface area contributed by atoms with Gasteiger partial charge in [-0.2, -0.15) is 4.31 Å². The lowest BCUT2D eigenvalue weighted by atomic mass is 10.0. The van der Waals surface area contributed by atoms with E-state index in [1.54, 1.807) is 36.4 Å². The number of nitrogens with zero attached hydrogens (tertiary/aromatic N) is 1. The zero-order valence-corrected chi connectivity index (χ0v) is 17.4. The van der Waals surface area contributed by atoms with Gasteiger partial charge in [0.05, 0.1) is 17.9 Å². The summed E-state index contributed by atoms with van der Waals surface area (Å²) < 4.78 is 33.2. The molecule has 2 aromatic carbocycles. The smallest absolute Gasteiger partial charge is 0.306 e. The van der Waals surface area contributed by atoms with Crippen LogP contribution in [0.25, 0.3) is 5.57 Å². The van der Waals surface area contributed by atoms with E-state index in [0.717, 1.165) is 15.6 Å². The molecule has 1 N–H and O–H groups in total. The average molecular weight is 466 g/mol. The van der Waals surface area contributed by atoms with Crippen molar-refractivity contribution in [2.24, 2.45) is 0 Å². The highest BCUT2D eigenvalue weighted by molar-refractivity contribution is 9.10. The summed E-state index contributed by atoms with van der Waals surface area (Å²) in [5.41, 5.74) is 2.09. The molecule has 0 bridgehead atoms. The highest BCUT2D eigenvalue weighted by Crippen LogP contribution is 2.27. The van der Waals surface area contributed by atoms with Crippen molar-refractivity contribution >= 4 is 37.5 Å². The van der Waals surface area contributed by atoms with Gasteiger partial charge in [0, 0.05) is 17.6 Å². The highest BCUT2D eigenvalue weighted by atomic mass is 79.9. The summed E-state index contributed by atoms with van der Waals surface area (Å²) in [5.74, 6) is -0.285. The fourth-order valence-corrected chi connectivity index (χ4v) is 4.55. The molecule has 2 aromatic rings. The number of halogens is 1. The van der Waals surface area contributed by atoms with Gasteiger partial charge in [-0.3, -0.25) is 4.79 Å². The van der Waals surface area contributed by atoms with Crippen LogP contribution in [0.3, 0.4) is 0 Å². The van der Waals surface area contributed by atoms with E-state index in [4.69, 9.17) is 9.84 Å². The molecular weight excluding hydrogens is 446 g/mol. The van der Waals surface area contributed by atoms with Crippen LogP contribution < -0.4 is 4.74 Å². The molecule has 0 saturated heterocycles. The summed E-state index contributed by atoms with van der Waals surface area (Å²) in [6, 6.07) is 14.0. The molecule has 148 valence electrons. The first kappa shape index (κ1) is 20.6. The first-order valence-corrected chi connectivity index (χ1v) is 11.0. The number of rotatable bonds is 7. The molecule has 0 atom stereocenters. The maximum Gasteiger partial charge on any atom is 0.306 e. The third kappa shape index (κ3) is 5.01. The van der Waals surface area contributed by atoms with E-state index in [2.05, 4.69) is 15.9 Å². The molecule has 3 rings (SSSR count). The van der Waals surface area contributed by atoms with Gasteiger partial charge in [0.25, 0.3) is 0 Å². The van der Waals surface area contributed by atoms with Gasteiger partial charge < -0.3 is 9.84 Å². The summed E-state index contributed by atoms with van der Waals surface area (Å²) >= 11 is 3.31. The van der Waals surface area contributed by atoms with Crippen molar-refractivity contribution in [1.29, 1.82) is 0 Å². The van der Waals surface area contributed by atoms with E-state index >= 15 is 0 Å². The SMILES string of the molecule is O=C(O)CCOc1ccc(C2=CCN(S(=O)(=O)c3ccc(Br)cc3)CC2)cc1. The van der Waals surface area contributed by atoms with E-state index < -0.39 is 16.0 Å². The Labute approximate surface area is 172 Å². The molecule has 0 aromatic heterocycles. The molecule has 0 radical (unpaired) electrons. The molecule has 1 heterocycles. The van der Waals surface area contributed by atoms with E-state index in [0.29, 0.717) is 25.3 Å². The van der Waals surface area contributed by atoms with Gasteiger partial charge in [0.1, 0.15) is 5.75 Å². The molecule has 0 amide bonds. The van der Waals surface area contributed by atoms with Crippen LogP contribution in [-0.4, -0.2) is 43.5 Å². The third-order valence-electron chi connectivity index (χ3n) is 4.43. The number of hydrogen-bond donors (Lipinski definition) is 1. The lowest BCUT2D eigenvalue weighted by Gasteiger charge is -2.26. The Balaban J connectivity index is 1.65. The second kappa shape index (κ2) is 8.89. The normalized spacial score (nSPS) is 15.1. The van der Waals surface area contributed by atoms with Gasteiger partial charge in [-0.15, -0.1) is 0 Å². The quantitative estimate of drug-likeness (QED) is 0.672. The fourth-order valence-electron chi connectivity index (χ4n) is 2.91. The Hall–Kier alpha value is -2.16. The van der Waals surface area contributed by atoms with Crippen molar-refractivity contribution in [3.05, 3.63) is 64.6 Å². The Bertz CT molecular complexity index is 969. The van der Waals surface area contributed by atoms with Crippen LogP contribution in [0.1, 0.15) is 18.4 Å². The van der Waals surface area contributed by atoms with Crippen molar-refractivity contribution < 1.29 is 23.1 Å². The van der Waals surface area contributed by atoms with Crippen LogP contribution in [0.2, 0.25) is 0 Å². The van der Waals surface area contributed by atoms with Crippen LogP contribution in [-0.2, 0) is 14.8 Å². The molecule has 0 aliphatic carbocycles. The summed E-state index contributed by atoms with van der Waals surface area (Å²) in [7, 11) is -3.51. The number of carboxylic acid groups (broad SMARTS) is 1. The van der Waals surface area contributed by atoms with E-state index in [-0.39, 0.29) is 17.9 Å². The standard InChI is InChI=1S/C20H20BrNO5S/c21-17-3-7-19(8-4-17)28(25,26)22-12-9-16(10-13-22)15-1-5-18(6-2-15)27-14-11-20(23)24/h1-9H,10-14H2,(H,23,24). The Morgan fingerprint density at radius 1 is 1.11 bits per heavy atom. The molecule has 0 unspecified atom stereocenters. The van der Waals surface area contributed by atoms with Crippen LogP contribution in [0.4, 0.5) is 0 Å². The summed E-state index contributed by atoms with van der Waals surface area (Å²) in [5, 5.41) is 8.63. The minimum atomic E-state index is -3.51. The van der Waals surface area contributed by atoms with Gasteiger partial charge in [0.15, 0.2) is 0 Å². The van der Waals surface area contributed by atoms with Crippen molar-refractivity contribution in [3.63, 3.8) is 0 Å². The zero-order chi connectivity index (χ0) is 20.1. The molecule has 8 heteroatoms. The maximum absolute atomic E-state index is 12.8. The van der Waals surface area contributed by atoms with Gasteiger partial charge in [0.2, 0.25) is 10.0 Å². The van der Waals surface area contributed by atoms with E-state index in [1.165, 1.54) is 4.31 Å². The van der Waals surface area contributed by atoms with Crippen molar-refractivity contribution in [3.8, 4) is 5.75 Å². The Morgan fingerprint density at radius 3 is 2.36 bits per heavy atom. The molecule has 0 saturated carbocycles. The molecule has 1 aliphatic heterocycles. The lowest BCUT2D eigenvalue weighted by molar-refractivity contribution is -0.137. The molecule has 6 nitrogen and oxygen atoms in total. The van der Waals surface area contributed by atoms with Crippen LogP contribution in [0, 0.1) is 0 Å². The monoisotopic (exact) mass is 465 g/mol. The van der Waals surface area contributed by atoms with Gasteiger partial charge >= 0.3 is 5.97 Å². The lowest BCUT2D eigenvalue weighted by Crippen LogP contribution is -2.34. The van der Waals surface area contributed by atoms with Crippen LogP contribution in [0.5, 0.6) is 5.75 Å². The summed E-state index contributed by atoms with van der Waals surface area (Å²) in [6.45, 7) is 0.867. The average Bonchev–Trinajstić information content (AvgIpc) is 2.69. The first-order chi connectivity index (χ1) is 13.4. The fraction of sp³-hybridized carbons (Fsp3) is 0.250. The largest absolute Gasteiger partial charge is 0.493 e. The topological polar surface area (TPSA) is 83.9 Å². The second-order valence-corrected chi connectivity index (χ2v) is 9.17. The van der Waals surface area contributed by atoms with Gasteiger partial charge in [-0.1, -0.05) is 34.1 Å². The summed E-state index contributed by atoms with van der Waals surface area (Å²) in [6.07, 6.45) is 2.50. The van der Waals surface area contributed by atoms with Gasteiger partial charge in [-0.05, 0) is 54.0 Å². The predicted octanol–water partition coefficient (Wildman–Crippen LogP) is 3.78. The van der Waals surface area contributed by atoms with Crippen molar-refractivity contribution in [1.82, 2.24) is 4.31 Å². The number of ether oxygens (including phenoxy) is 1. The van der Waals surface area contributed by atoms with Crippen LogP contribution >= 0.6 is 15.9 Å². The third-order valence-corrected chi connectivity index (χ3v) is 6.84. The molecule has 28 heavy (non-hydrogen) atoms. The van der Waals surface area contributed by atoms with Crippen LogP contribution in [0.15, 0.2) is 64.0 Å². The predicted molar refractivity (Wildman–Crippen MR) is 110 cm³/mol. The number of benzene rings is 2. The number of carbonyl (C=O) groups is 1. The minimum absolute atomic E-state index is 0.0461. The maximum atomic E-state index is 12.8. The second-order valence-electron chi connectivity index (χ2n) is 6.31.